The minimum absolute atomic E-state index is 0.0907. The van der Waals surface area contributed by atoms with Crippen LogP contribution >= 0.6 is 0 Å². The van der Waals surface area contributed by atoms with E-state index in [1.807, 2.05) is 0 Å². The molecule has 0 saturated carbocycles. The van der Waals surface area contributed by atoms with Crippen LogP contribution < -0.4 is 31.1 Å². The zero-order chi connectivity index (χ0) is 27.8. The van der Waals surface area contributed by atoms with Gasteiger partial charge < -0.3 is 14.7 Å². The number of nitrogens with zero attached hydrogens (tertiary/aromatic N) is 3. The number of benzene rings is 5. The minimum atomic E-state index is -0.0907. The Morgan fingerprint density at radius 1 is 0.619 bits per heavy atom. The maximum atomic E-state index is 2.68. The van der Waals surface area contributed by atoms with Gasteiger partial charge in [-0.2, -0.15) is 0 Å². The molecule has 5 aromatic carbocycles. The van der Waals surface area contributed by atoms with E-state index in [1.165, 1.54) is 68.2 Å². The van der Waals surface area contributed by atoms with Gasteiger partial charge in [0, 0.05) is 46.4 Å². The van der Waals surface area contributed by atoms with Crippen LogP contribution in [0.4, 0.5) is 39.8 Å². The zero-order valence-corrected chi connectivity index (χ0v) is 23.9. The molecule has 202 valence electrons. The van der Waals surface area contributed by atoms with E-state index in [1.54, 1.807) is 0 Å². The fourth-order valence-electron chi connectivity index (χ4n) is 8.11. The summed E-state index contributed by atoms with van der Waals surface area (Å²) in [6.07, 6.45) is 8.37. The molecule has 5 aromatic rings. The maximum absolute atomic E-state index is 2.68. The Bertz CT molecular complexity index is 1880. The second kappa shape index (κ2) is 8.90. The van der Waals surface area contributed by atoms with E-state index in [0.29, 0.717) is 0 Å². The molecule has 1 unspecified atom stereocenters. The Balaban J connectivity index is 1.38. The Morgan fingerprint density at radius 3 is 1.79 bits per heavy atom. The zero-order valence-electron chi connectivity index (χ0n) is 23.9. The van der Waals surface area contributed by atoms with E-state index in [-0.39, 0.29) is 12.3 Å². The molecular formula is C38H32BN3. The van der Waals surface area contributed by atoms with E-state index in [9.17, 15) is 0 Å². The van der Waals surface area contributed by atoms with Gasteiger partial charge in [-0.3, -0.25) is 0 Å². The number of allylic oxidation sites excluding steroid dienone is 1. The van der Waals surface area contributed by atoms with E-state index in [0.717, 1.165) is 19.4 Å². The lowest BCUT2D eigenvalue weighted by Gasteiger charge is -2.53. The number of hydrogen-bond acceptors (Lipinski definition) is 3. The summed E-state index contributed by atoms with van der Waals surface area (Å²) in [5.41, 5.74) is 14.6. The lowest BCUT2D eigenvalue weighted by Crippen LogP contribution is -2.67. The molecule has 0 spiro atoms. The Labute approximate surface area is 248 Å². The van der Waals surface area contributed by atoms with Crippen LogP contribution in [0.3, 0.4) is 0 Å². The molecule has 0 fully saturated rings. The first-order valence-corrected chi connectivity index (χ1v) is 15.3. The van der Waals surface area contributed by atoms with E-state index in [2.05, 4.69) is 149 Å². The van der Waals surface area contributed by atoms with E-state index < -0.39 is 0 Å². The lowest BCUT2D eigenvalue weighted by atomic mass is 9.31. The number of rotatable bonds is 4. The van der Waals surface area contributed by atoms with Crippen LogP contribution in [0.15, 0.2) is 127 Å². The molecule has 0 amide bonds. The standard InChI is InChI=1S/C38H32BN3/c1-38(24-9-4-10-25-38)42-33-22-12-19-30-36(33)39-35-29(40(30)26-27-14-5-2-6-15-27)18-11-20-31(35)41(28-16-7-3-8-17-28)32-21-13-23-34(42)37(32)39/h2-3,5-9,11-24H,4,10,25-26H2,1H3. The van der Waals surface area contributed by atoms with Gasteiger partial charge in [0.25, 0.3) is 6.71 Å². The predicted molar refractivity (Wildman–Crippen MR) is 178 cm³/mol. The molecule has 4 heteroatoms. The van der Waals surface area contributed by atoms with Crippen LogP contribution in [0.25, 0.3) is 0 Å². The predicted octanol–water partition coefficient (Wildman–Crippen LogP) is 7.59. The van der Waals surface area contributed by atoms with Crippen molar-refractivity contribution in [3.8, 4) is 0 Å². The van der Waals surface area contributed by atoms with Crippen LogP contribution in [-0.4, -0.2) is 12.3 Å². The number of para-hydroxylation sites is 1. The van der Waals surface area contributed by atoms with Crippen molar-refractivity contribution in [1.82, 2.24) is 0 Å². The maximum Gasteiger partial charge on any atom is 0.257 e. The normalized spacial score (nSPS) is 19.2. The third-order valence-corrected chi connectivity index (χ3v) is 9.83. The van der Waals surface area contributed by atoms with Crippen LogP contribution in [0.2, 0.25) is 0 Å². The summed E-state index contributed by atoms with van der Waals surface area (Å²) >= 11 is 0. The van der Waals surface area contributed by atoms with Crippen molar-refractivity contribution in [3.05, 3.63) is 133 Å². The monoisotopic (exact) mass is 541 g/mol. The summed E-state index contributed by atoms with van der Waals surface area (Å²) in [6.45, 7) is 3.45. The smallest absolute Gasteiger partial charge is 0.257 e. The summed E-state index contributed by atoms with van der Waals surface area (Å²) in [4.78, 5) is 7.76. The highest BCUT2D eigenvalue weighted by molar-refractivity contribution is 7.02. The number of hydrogen-bond donors (Lipinski definition) is 0. The van der Waals surface area contributed by atoms with Crippen LogP contribution in [0.5, 0.6) is 0 Å². The highest BCUT2D eigenvalue weighted by Crippen LogP contribution is 2.49. The quantitative estimate of drug-likeness (QED) is 0.168. The summed E-state index contributed by atoms with van der Waals surface area (Å²) in [6, 6.07) is 42.7. The first-order valence-electron chi connectivity index (χ1n) is 15.3. The Hall–Kier alpha value is -4.70. The van der Waals surface area contributed by atoms with Gasteiger partial charge in [0.05, 0.1) is 5.54 Å². The number of anilines is 7. The highest BCUT2D eigenvalue weighted by Gasteiger charge is 2.50. The largest absolute Gasteiger partial charge is 0.338 e. The molecule has 1 atom stereocenters. The van der Waals surface area contributed by atoms with Crippen LogP contribution in [0, 0.1) is 0 Å². The van der Waals surface area contributed by atoms with E-state index >= 15 is 0 Å². The third-order valence-electron chi connectivity index (χ3n) is 9.83. The Kier molecular flexibility index (Phi) is 5.08. The molecule has 0 saturated heterocycles. The summed E-state index contributed by atoms with van der Waals surface area (Å²) in [5.74, 6) is 0. The Morgan fingerprint density at radius 2 is 1.17 bits per heavy atom. The topological polar surface area (TPSA) is 9.72 Å². The molecule has 3 aliphatic heterocycles. The van der Waals surface area contributed by atoms with Gasteiger partial charge >= 0.3 is 0 Å². The van der Waals surface area contributed by atoms with Gasteiger partial charge in [0.2, 0.25) is 0 Å². The van der Waals surface area contributed by atoms with Crippen molar-refractivity contribution < 1.29 is 0 Å². The summed E-state index contributed by atoms with van der Waals surface area (Å²) < 4.78 is 0. The molecule has 1 aliphatic carbocycles. The molecule has 0 bridgehead atoms. The highest BCUT2D eigenvalue weighted by atomic mass is 15.2. The molecule has 0 radical (unpaired) electrons. The SMILES string of the molecule is CC1(N2c3cccc4c3B3c5c(cccc5N(c5ccccc5)c5cccc2c53)N4Cc2ccccc2)C=CCCC1. The van der Waals surface area contributed by atoms with Crippen molar-refractivity contribution in [1.29, 1.82) is 0 Å². The third kappa shape index (κ3) is 3.24. The van der Waals surface area contributed by atoms with Gasteiger partial charge in [-0.15, -0.1) is 0 Å². The molecule has 3 nitrogen and oxygen atoms in total. The molecule has 3 heterocycles. The summed E-state index contributed by atoms with van der Waals surface area (Å²) in [7, 11) is 0. The molecule has 0 aromatic heterocycles. The van der Waals surface area contributed by atoms with Crippen LogP contribution in [0.1, 0.15) is 31.7 Å². The van der Waals surface area contributed by atoms with Crippen LogP contribution in [-0.2, 0) is 6.54 Å². The molecule has 0 N–H and O–H groups in total. The molecular weight excluding hydrogens is 509 g/mol. The fraction of sp³-hybridized carbons (Fsp3) is 0.158. The van der Waals surface area contributed by atoms with E-state index in [4.69, 9.17) is 0 Å². The van der Waals surface area contributed by atoms with Gasteiger partial charge in [0.1, 0.15) is 0 Å². The molecule has 9 rings (SSSR count). The minimum Gasteiger partial charge on any atom is -0.338 e. The fourth-order valence-corrected chi connectivity index (χ4v) is 8.11. The average Bonchev–Trinajstić information content (AvgIpc) is 3.04. The lowest BCUT2D eigenvalue weighted by molar-refractivity contribution is 0.482. The van der Waals surface area contributed by atoms with Crippen molar-refractivity contribution in [2.75, 3.05) is 14.7 Å². The first-order chi connectivity index (χ1) is 20.7. The van der Waals surface area contributed by atoms with Gasteiger partial charge in [-0.1, -0.05) is 78.9 Å². The second-order valence-electron chi connectivity index (χ2n) is 12.3. The van der Waals surface area contributed by atoms with Crippen molar-refractivity contribution in [3.63, 3.8) is 0 Å². The van der Waals surface area contributed by atoms with Crippen molar-refractivity contribution >= 4 is 62.9 Å². The average molecular weight is 542 g/mol. The second-order valence-corrected chi connectivity index (χ2v) is 12.3. The van der Waals surface area contributed by atoms with Gasteiger partial charge in [-0.25, -0.2) is 0 Å². The molecule has 42 heavy (non-hydrogen) atoms. The van der Waals surface area contributed by atoms with Gasteiger partial charge in [-0.05, 0) is 96.7 Å². The molecule has 4 aliphatic rings. The van der Waals surface area contributed by atoms with Crippen molar-refractivity contribution in [2.24, 2.45) is 0 Å². The first kappa shape index (κ1) is 24.0. The van der Waals surface area contributed by atoms with Gasteiger partial charge in [0.15, 0.2) is 0 Å². The summed E-state index contributed by atoms with van der Waals surface area (Å²) in [5, 5.41) is 0. The van der Waals surface area contributed by atoms with Crippen molar-refractivity contribution in [2.45, 2.75) is 38.3 Å².